The molecular weight excluding hydrogens is 204 g/mol. The molecule has 2 amide bonds. The predicted octanol–water partition coefficient (Wildman–Crippen LogP) is 1.16. The van der Waals surface area contributed by atoms with Crippen molar-refractivity contribution in [3.8, 4) is 0 Å². The summed E-state index contributed by atoms with van der Waals surface area (Å²) in [6.07, 6.45) is 0.347. The fraction of sp³-hybridized carbons (Fsp3) is 0.833. The number of nitrogens with zero attached hydrogens (tertiary/aromatic N) is 1. The first-order valence-corrected chi connectivity index (χ1v) is 5.82. The van der Waals surface area contributed by atoms with E-state index in [1.54, 1.807) is 4.90 Å². The fourth-order valence-corrected chi connectivity index (χ4v) is 1.88. The molecule has 0 aromatic heterocycles. The molecule has 0 bridgehead atoms. The molecule has 1 heterocycles. The molecule has 1 saturated heterocycles. The Labute approximate surface area is 97.4 Å². The fourth-order valence-electron chi connectivity index (χ4n) is 1.88. The van der Waals surface area contributed by atoms with Gasteiger partial charge in [-0.05, 0) is 34.6 Å². The van der Waals surface area contributed by atoms with Gasteiger partial charge in [-0.1, -0.05) is 0 Å². The van der Waals surface area contributed by atoms with Gasteiger partial charge in [-0.3, -0.25) is 9.59 Å². The highest BCUT2D eigenvalue weighted by molar-refractivity contribution is 5.89. The van der Waals surface area contributed by atoms with Gasteiger partial charge in [-0.2, -0.15) is 0 Å². The molecule has 0 spiro atoms. The maximum absolute atomic E-state index is 11.9. The summed E-state index contributed by atoms with van der Waals surface area (Å²) >= 11 is 0. The molecule has 0 aromatic carbocycles. The van der Waals surface area contributed by atoms with Crippen molar-refractivity contribution in [3.63, 3.8) is 0 Å². The van der Waals surface area contributed by atoms with Crippen molar-refractivity contribution in [2.75, 3.05) is 6.54 Å². The number of hydrogen-bond acceptors (Lipinski definition) is 2. The van der Waals surface area contributed by atoms with Crippen LogP contribution in [0.2, 0.25) is 0 Å². The second kappa shape index (κ2) is 4.44. The molecule has 1 aliphatic rings. The monoisotopic (exact) mass is 226 g/mol. The Morgan fingerprint density at radius 3 is 2.38 bits per heavy atom. The van der Waals surface area contributed by atoms with Gasteiger partial charge in [0.1, 0.15) is 0 Å². The highest BCUT2D eigenvalue weighted by Crippen LogP contribution is 2.20. The van der Waals surface area contributed by atoms with Crippen LogP contribution >= 0.6 is 0 Å². The lowest BCUT2D eigenvalue weighted by Crippen LogP contribution is -2.44. The molecule has 0 radical (unpaired) electrons. The summed E-state index contributed by atoms with van der Waals surface area (Å²) in [4.78, 5) is 25.3. The van der Waals surface area contributed by atoms with Crippen LogP contribution in [0.3, 0.4) is 0 Å². The van der Waals surface area contributed by atoms with E-state index >= 15 is 0 Å². The zero-order chi connectivity index (χ0) is 12.5. The van der Waals surface area contributed by atoms with Crippen molar-refractivity contribution < 1.29 is 9.59 Å². The van der Waals surface area contributed by atoms with E-state index in [0.717, 1.165) is 0 Å². The number of rotatable bonds is 2. The van der Waals surface area contributed by atoms with E-state index in [4.69, 9.17) is 0 Å². The number of carbonyl (C=O) groups is 2. The van der Waals surface area contributed by atoms with Crippen molar-refractivity contribution in [2.24, 2.45) is 5.92 Å². The Balaban J connectivity index is 2.59. The lowest BCUT2D eigenvalue weighted by Gasteiger charge is -2.24. The number of nitrogens with one attached hydrogen (secondary N) is 1. The largest absolute Gasteiger partial charge is 0.351 e. The van der Waals surface area contributed by atoms with E-state index < -0.39 is 0 Å². The molecule has 1 aliphatic heterocycles. The summed E-state index contributed by atoms with van der Waals surface area (Å²) in [5, 5.41) is 2.92. The van der Waals surface area contributed by atoms with Gasteiger partial charge in [-0.15, -0.1) is 0 Å². The second-order valence-electron chi connectivity index (χ2n) is 5.78. The van der Waals surface area contributed by atoms with Crippen LogP contribution in [0, 0.1) is 5.92 Å². The maximum Gasteiger partial charge on any atom is 0.225 e. The van der Waals surface area contributed by atoms with Crippen LogP contribution in [0.25, 0.3) is 0 Å². The van der Waals surface area contributed by atoms with Gasteiger partial charge in [0.05, 0.1) is 5.92 Å². The third-order valence-corrected chi connectivity index (χ3v) is 2.65. The molecule has 0 aliphatic carbocycles. The molecule has 1 rings (SSSR count). The quantitative estimate of drug-likeness (QED) is 0.768. The third-order valence-electron chi connectivity index (χ3n) is 2.65. The summed E-state index contributed by atoms with van der Waals surface area (Å²) in [5.41, 5.74) is -0.231. The Morgan fingerprint density at radius 2 is 2.00 bits per heavy atom. The second-order valence-corrected chi connectivity index (χ2v) is 5.78. The summed E-state index contributed by atoms with van der Waals surface area (Å²) in [5.74, 6) is -0.109. The lowest BCUT2D eigenvalue weighted by atomic mass is 10.0. The predicted molar refractivity (Wildman–Crippen MR) is 62.9 cm³/mol. The minimum atomic E-state index is -0.231. The average molecular weight is 226 g/mol. The number of amides is 2. The van der Waals surface area contributed by atoms with Crippen molar-refractivity contribution in [1.29, 1.82) is 0 Å². The van der Waals surface area contributed by atoms with Gasteiger partial charge in [0.25, 0.3) is 0 Å². The minimum Gasteiger partial charge on any atom is -0.351 e. The van der Waals surface area contributed by atoms with E-state index in [0.29, 0.717) is 13.0 Å². The van der Waals surface area contributed by atoms with Crippen LogP contribution in [0.4, 0.5) is 0 Å². The summed E-state index contributed by atoms with van der Waals surface area (Å²) in [7, 11) is 0. The van der Waals surface area contributed by atoms with Crippen LogP contribution in [-0.2, 0) is 9.59 Å². The zero-order valence-electron chi connectivity index (χ0n) is 10.8. The molecular formula is C12H22N2O2. The van der Waals surface area contributed by atoms with E-state index in [-0.39, 0.29) is 29.3 Å². The molecule has 16 heavy (non-hydrogen) atoms. The number of likely N-dealkylation sites (tertiary alicyclic amines) is 1. The Kier molecular flexibility index (Phi) is 3.61. The Bertz CT molecular complexity index is 292. The van der Waals surface area contributed by atoms with E-state index in [9.17, 15) is 9.59 Å². The molecule has 4 heteroatoms. The summed E-state index contributed by atoms with van der Waals surface area (Å²) in [6.45, 7) is 10.3. The molecule has 1 atom stereocenters. The Hall–Kier alpha value is -1.06. The minimum absolute atomic E-state index is 0.0102. The van der Waals surface area contributed by atoms with Gasteiger partial charge >= 0.3 is 0 Å². The standard InChI is InChI=1S/C12H22N2O2/c1-8(2)14-7-9(6-10(14)15)11(16)13-12(3,4)5/h8-9H,6-7H2,1-5H3,(H,13,16)/t9-/m0/s1. The van der Waals surface area contributed by atoms with Gasteiger partial charge in [0.2, 0.25) is 11.8 Å². The molecule has 1 fully saturated rings. The molecule has 92 valence electrons. The van der Waals surface area contributed by atoms with Crippen LogP contribution in [0.15, 0.2) is 0 Å². The molecule has 0 saturated carbocycles. The Morgan fingerprint density at radius 1 is 1.44 bits per heavy atom. The topological polar surface area (TPSA) is 49.4 Å². The normalized spacial score (nSPS) is 21.8. The van der Waals surface area contributed by atoms with Crippen LogP contribution in [-0.4, -0.2) is 34.8 Å². The van der Waals surface area contributed by atoms with Gasteiger partial charge < -0.3 is 10.2 Å². The highest BCUT2D eigenvalue weighted by atomic mass is 16.2. The van der Waals surface area contributed by atoms with E-state index in [2.05, 4.69) is 5.32 Å². The SMILES string of the molecule is CC(C)N1C[C@@H](C(=O)NC(C)(C)C)CC1=O. The molecule has 1 N–H and O–H groups in total. The van der Waals surface area contributed by atoms with Gasteiger partial charge in [0.15, 0.2) is 0 Å². The van der Waals surface area contributed by atoms with E-state index in [1.807, 2.05) is 34.6 Å². The molecule has 4 nitrogen and oxygen atoms in total. The van der Waals surface area contributed by atoms with Crippen molar-refractivity contribution in [2.45, 2.75) is 52.6 Å². The first kappa shape index (κ1) is 13.0. The van der Waals surface area contributed by atoms with Gasteiger partial charge in [0, 0.05) is 24.5 Å². The average Bonchev–Trinajstić information content (AvgIpc) is 2.44. The summed E-state index contributed by atoms with van der Waals surface area (Å²) in [6, 6.07) is 0.180. The molecule has 0 unspecified atom stereocenters. The van der Waals surface area contributed by atoms with Crippen LogP contribution in [0.5, 0.6) is 0 Å². The van der Waals surface area contributed by atoms with E-state index in [1.165, 1.54) is 0 Å². The smallest absolute Gasteiger partial charge is 0.225 e. The summed E-state index contributed by atoms with van der Waals surface area (Å²) < 4.78 is 0. The van der Waals surface area contributed by atoms with Crippen LogP contribution in [0.1, 0.15) is 41.0 Å². The highest BCUT2D eigenvalue weighted by Gasteiger charge is 2.36. The first-order valence-electron chi connectivity index (χ1n) is 5.82. The first-order chi connectivity index (χ1) is 7.20. The van der Waals surface area contributed by atoms with Crippen molar-refractivity contribution >= 4 is 11.8 Å². The third kappa shape index (κ3) is 3.22. The van der Waals surface area contributed by atoms with Crippen molar-refractivity contribution in [3.05, 3.63) is 0 Å². The maximum atomic E-state index is 11.9. The zero-order valence-corrected chi connectivity index (χ0v) is 10.8. The van der Waals surface area contributed by atoms with Crippen molar-refractivity contribution in [1.82, 2.24) is 10.2 Å². The molecule has 0 aromatic rings. The lowest BCUT2D eigenvalue weighted by molar-refractivity contribution is -0.130. The van der Waals surface area contributed by atoms with Gasteiger partial charge in [-0.25, -0.2) is 0 Å². The van der Waals surface area contributed by atoms with Crippen LogP contribution < -0.4 is 5.32 Å². The number of carbonyl (C=O) groups excluding carboxylic acids is 2. The number of hydrogen-bond donors (Lipinski definition) is 1.